The second kappa shape index (κ2) is 7.78. The summed E-state index contributed by atoms with van der Waals surface area (Å²) in [5.74, 6) is -0.0998. The summed E-state index contributed by atoms with van der Waals surface area (Å²) in [6.07, 6.45) is 0. The Labute approximate surface area is 143 Å². The molecule has 6 nitrogen and oxygen atoms in total. The van der Waals surface area contributed by atoms with Crippen molar-refractivity contribution in [2.24, 2.45) is 0 Å². The fraction of sp³-hybridized carbons (Fsp3) is 0.214. The van der Waals surface area contributed by atoms with Crippen molar-refractivity contribution >= 4 is 38.9 Å². The topological polar surface area (TPSA) is 81.7 Å². The van der Waals surface area contributed by atoms with Crippen LogP contribution in [0.5, 0.6) is 5.75 Å². The summed E-state index contributed by atoms with van der Waals surface area (Å²) in [4.78, 5) is 11.5. The van der Waals surface area contributed by atoms with Gasteiger partial charge < -0.3 is 9.47 Å². The minimum atomic E-state index is -3.81. The Hall–Kier alpha value is -1.61. The van der Waals surface area contributed by atoms with Crippen LogP contribution in [0.15, 0.2) is 40.6 Å². The molecule has 0 aliphatic heterocycles. The Morgan fingerprint density at radius 1 is 1.26 bits per heavy atom. The molecular weight excluding hydrogens is 362 g/mol. The third kappa shape index (κ3) is 4.68. The summed E-state index contributed by atoms with van der Waals surface area (Å²) in [5, 5.41) is 2.11. The molecule has 0 atom stereocenters. The number of benzene rings is 1. The molecule has 0 spiro atoms. The van der Waals surface area contributed by atoms with Crippen molar-refractivity contribution < 1.29 is 22.7 Å². The molecule has 2 aromatic rings. The van der Waals surface area contributed by atoms with E-state index >= 15 is 0 Å². The molecule has 0 fully saturated rings. The van der Waals surface area contributed by atoms with E-state index in [9.17, 15) is 13.2 Å². The van der Waals surface area contributed by atoms with E-state index in [-0.39, 0.29) is 22.9 Å². The third-order valence-corrected chi connectivity index (χ3v) is 5.54. The maximum Gasteiger partial charge on any atom is 0.349 e. The molecule has 0 radical (unpaired) electrons. The van der Waals surface area contributed by atoms with Crippen LogP contribution in [0.4, 0.5) is 0 Å². The number of esters is 1. The maximum atomic E-state index is 12.2. The smallest absolute Gasteiger partial charge is 0.349 e. The van der Waals surface area contributed by atoms with E-state index < -0.39 is 16.0 Å². The molecule has 0 saturated carbocycles. The van der Waals surface area contributed by atoms with E-state index in [1.165, 1.54) is 18.6 Å². The van der Waals surface area contributed by atoms with Gasteiger partial charge in [0.15, 0.2) is 0 Å². The normalized spacial score (nSPS) is 11.2. The number of hydrogen-bond acceptors (Lipinski definition) is 6. The van der Waals surface area contributed by atoms with Crippen LogP contribution < -0.4 is 9.46 Å². The van der Waals surface area contributed by atoms with Crippen LogP contribution in [0.1, 0.15) is 9.67 Å². The number of halogens is 1. The van der Waals surface area contributed by atoms with E-state index in [2.05, 4.69) is 9.46 Å². The van der Waals surface area contributed by atoms with Gasteiger partial charge in [0, 0.05) is 11.6 Å². The average Bonchev–Trinajstić information content (AvgIpc) is 3.03. The number of sulfonamides is 1. The van der Waals surface area contributed by atoms with Gasteiger partial charge in [0.25, 0.3) is 0 Å². The zero-order valence-corrected chi connectivity index (χ0v) is 14.5. The van der Waals surface area contributed by atoms with E-state index in [4.69, 9.17) is 16.3 Å². The SMILES string of the molecule is COC(=O)c1sccc1S(=O)(=O)NCCOc1ccc(Cl)cc1. The van der Waals surface area contributed by atoms with Gasteiger partial charge in [-0.05, 0) is 35.7 Å². The van der Waals surface area contributed by atoms with Crippen LogP contribution in [-0.2, 0) is 14.8 Å². The monoisotopic (exact) mass is 375 g/mol. The zero-order chi connectivity index (χ0) is 16.9. The standard InChI is InChI=1S/C14H14ClNO5S2/c1-20-14(17)13-12(6-9-22-13)23(18,19)16-7-8-21-11-4-2-10(15)3-5-11/h2-6,9,16H,7-8H2,1H3. The van der Waals surface area contributed by atoms with Crippen LogP contribution in [0.25, 0.3) is 0 Å². The number of rotatable bonds is 7. The highest BCUT2D eigenvalue weighted by Gasteiger charge is 2.24. The molecule has 0 bridgehead atoms. The van der Waals surface area contributed by atoms with Crippen LogP contribution in [0.2, 0.25) is 5.02 Å². The summed E-state index contributed by atoms with van der Waals surface area (Å²) in [6, 6.07) is 8.08. The summed E-state index contributed by atoms with van der Waals surface area (Å²) in [5.41, 5.74) is 0. The highest BCUT2D eigenvalue weighted by molar-refractivity contribution is 7.89. The molecule has 1 N–H and O–H groups in total. The van der Waals surface area contributed by atoms with E-state index in [1.807, 2.05) is 0 Å². The van der Waals surface area contributed by atoms with Crippen LogP contribution in [0.3, 0.4) is 0 Å². The quantitative estimate of drug-likeness (QED) is 0.594. The molecule has 1 heterocycles. The minimum absolute atomic E-state index is 0.0404. The van der Waals surface area contributed by atoms with Crippen molar-refractivity contribution in [2.75, 3.05) is 20.3 Å². The lowest BCUT2D eigenvalue weighted by atomic mass is 10.3. The largest absolute Gasteiger partial charge is 0.492 e. The fourth-order valence-corrected chi connectivity index (χ4v) is 4.18. The van der Waals surface area contributed by atoms with Crippen molar-refractivity contribution in [3.63, 3.8) is 0 Å². The first-order chi connectivity index (χ1) is 10.9. The molecule has 9 heteroatoms. The number of thiophene rings is 1. The summed E-state index contributed by atoms with van der Waals surface area (Å²) < 4.78 is 36.8. The Kier molecular flexibility index (Phi) is 6.00. The van der Waals surface area contributed by atoms with Gasteiger partial charge in [0.1, 0.15) is 22.1 Å². The molecule has 0 unspecified atom stereocenters. The zero-order valence-electron chi connectivity index (χ0n) is 12.1. The van der Waals surface area contributed by atoms with Gasteiger partial charge in [-0.15, -0.1) is 11.3 Å². The first kappa shape index (κ1) is 17.7. The van der Waals surface area contributed by atoms with Crippen LogP contribution in [-0.4, -0.2) is 34.6 Å². The lowest BCUT2D eigenvalue weighted by Crippen LogP contribution is -2.29. The first-order valence-electron chi connectivity index (χ1n) is 6.48. The second-order valence-corrected chi connectivity index (χ2v) is 7.39. The Morgan fingerprint density at radius 2 is 1.96 bits per heavy atom. The molecule has 23 heavy (non-hydrogen) atoms. The van der Waals surface area contributed by atoms with E-state index in [0.717, 1.165) is 11.3 Å². The molecular formula is C14H14ClNO5S2. The van der Waals surface area contributed by atoms with Gasteiger partial charge >= 0.3 is 5.97 Å². The van der Waals surface area contributed by atoms with Crippen molar-refractivity contribution in [2.45, 2.75) is 4.90 Å². The molecule has 124 valence electrons. The molecule has 2 rings (SSSR count). The van der Waals surface area contributed by atoms with Crippen LogP contribution >= 0.6 is 22.9 Å². The van der Waals surface area contributed by atoms with Gasteiger partial charge in [-0.2, -0.15) is 0 Å². The maximum absolute atomic E-state index is 12.2. The molecule has 0 aliphatic rings. The van der Waals surface area contributed by atoms with Gasteiger partial charge in [-0.1, -0.05) is 11.6 Å². The van der Waals surface area contributed by atoms with Crippen molar-refractivity contribution in [3.8, 4) is 5.75 Å². The lowest BCUT2D eigenvalue weighted by molar-refractivity contribution is 0.0602. The van der Waals surface area contributed by atoms with Gasteiger partial charge in [-0.25, -0.2) is 17.9 Å². The molecule has 0 aliphatic carbocycles. The number of methoxy groups -OCH3 is 1. The second-order valence-electron chi connectivity index (χ2n) is 4.31. The lowest BCUT2D eigenvalue weighted by Gasteiger charge is -2.09. The van der Waals surface area contributed by atoms with Gasteiger partial charge in [0.05, 0.1) is 7.11 Å². The molecule has 0 saturated heterocycles. The predicted molar refractivity (Wildman–Crippen MR) is 87.8 cm³/mol. The summed E-state index contributed by atoms with van der Waals surface area (Å²) in [7, 11) is -2.61. The Balaban J connectivity index is 1.93. The summed E-state index contributed by atoms with van der Waals surface area (Å²) >= 11 is 6.77. The number of carbonyl (C=O) groups excluding carboxylic acids is 1. The molecule has 1 aromatic carbocycles. The van der Waals surface area contributed by atoms with Crippen molar-refractivity contribution in [1.82, 2.24) is 4.72 Å². The van der Waals surface area contributed by atoms with E-state index in [0.29, 0.717) is 10.8 Å². The molecule has 0 amide bonds. The number of carbonyl (C=O) groups is 1. The fourth-order valence-electron chi connectivity index (χ4n) is 1.70. The van der Waals surface area contributed by atoms with Gasteiger partial charge in [0.2, 0.25) is 10.0 Å². The Bertz CT molecular complexity index is 771. The van der Waals surface area contributed by atoms with Crippen molar-refractivity contribution in [1.29, 1.82) is 0 Å². The molecule has 1 aromatic heterocycles. The van der Waals surface area contributed by atoms with E-state index in [1.54, 1.807) is 24.3 Å². The number of hydrogen-bond donors (Lipinski definition) is 1. The Morgan fingerprint density at radius 3 is 2.61 bits per heavy atom. The highest BCUT2D eigenvalue weighted by atomic mass is 35.5. The van der Waals surface area contributed by atoms with Gasteiger partial charge in [-0.3, -0.25) is 0 Å². The third-order valence-electron chi connectivity index (χ3n) is 2.77. The highest BCUT2D eigenvalue weighted by Crippen LogP contribution is 2.22. The number of nitrogens with one attached hydrogen (secondary N) is 1. The minimum Gasteiger partial charge on any atom is -0.492 e. The summed E-state index contributed by atoms with van der Waals surface area (Å²) in [6.45, 7) is 0.194. The first-order valence-corrected chi connectivity index (χ1v) is 9.22. The van der Waals surface area contributed by atoms with Crippen LogP contribution in [0, 0.1) is 0 Å². The van der Waals surface area contributed by atoms with Crippen molar-refractivity contribution in [3.05, 3.63) is 45.6 Å². The predicted octanol–water partition coefficient (Wildman–Crippen LogP) is 2.55. The number of ether oxygens (including phenoxy) is 2. The average molecular weight is 376 g/mol.